The van der Waals surface area contributed by atoms with Gasteiger partial charge in [-0.15, -0.1) is 0 Å². The predicted octanol–water partition coefficient (Wildman–Crippen LogP) is 3.55. The first-order valence-corrected chi connectivity index (χ1v) is 12.9. The molecule has 6 heteroatoms. The number of ether oxygens (including phenoxy) is 2. The minimum Gasteiger partial charge on any atom is -0.459 e. The Morgan fingerprint density at radius 1 is 1.10 bits per heavy atom. The molecule has 4 aliphatic rings. The Labute approximate surface area is 187 Å². The highest BCUT2D eigenvalue weighted by Crippen LogP contribution is 2.45. The van der Waals surface area contributed by atoms with E-state index in [1.807, 2.05) is 11.8 Å². The Morgan fingerprint density at radius 3 is 2.45 bits per heavy atom. The molecule has 1 N–H and O–H groups in total. The van der Waals surface area contributed by atoms with E-state index in [1.165, 1.54) is 51.6 Å². The first-order chi connectivity index (χ1) is 15.2. The Morgan fingerprint density at radius 2 is 1.84 bits per heavy atom. The zero-order valence-corrected chi connectivity index (χ0v) is 19.3. The summed E-state index contributed by atoms with van der Waals surface area (Å²) in [6.07, 6.45) is 13.2. The van der Waals surface area contributed by atoms with E-state index in [9.17, 15) is 9.90 Å². The third-order valence-corrected chi connectivity index (χ3v) is 8.02. The van der Waals surface area contributed by atoms with Gasteiger partial charge in [0.2, 0.25) is 6.29 Å². The quantitative estimate of drug-likeness (QED) is 0.633. The van der Waals surface area contributed by atoms with Crippen molar-refractivity contribution in [2.24, 2.45) is 17.8 Å². The summed E-state index contributed by atoms with van der Waals surface area (Å²) in [5.41, 5.74) is 0. The van der Waals surface area contributed by atoms with Gasteiger partial charge in [0, 0.05) is 38.3 Å². The fraction of sp³-hybridized carbons (Fsp3) is 0.880. The molecule has 0 aromatic carbocycles. The minimum atomic E-state index is -0.378. The van der Waals surface area contributed by atoms with E-state index in [4.69, 9.17) is 9.47 Å². The monoisotopic (exact) mass is 434 g/mol. The number of amides is 1. The molecule has 3 heterocycles. The second kappa shape index (κ2) is 11.2. The predicted molar refractivity (Wildman–Crippen MR) is 120 cm³/mol. The van der Waals surface area contributed by atoms with Gasteiger partial charge in [0.1, 0.15) is 0 Å². The van der Waals surface area contributed by atoms with Crippen LogP contribution in [-0.4, -0.2) is 72.5 Å². The molecule has 4 rings (SSSR count). The molecular weight excluding hydrogens is 392 g/mol. The van der Waals surface area contributed by atoms with Gasteiger partial charge in [0.15, 0.2) is 5.76 Å². The zero-order chi connectivity index (χ0) is 21.6. The fourth-order valence-corrected chi connectivity index (χ4v) is 6.01. The number of piperidine rings is 2. The number of carbonyl (C=O) groups excluding carboxylic acids is 1. The molecule has 1 saturated carbocycles. The molecule has 6 nitrogen and oxygen atoms in total. The molecule has 3 aliphatic heterocycles. The van der Waals surface area contributed by atoms with E-state index in [-0.39, 0.29) is 24.7 Å². The summed E-state index contributed by atoms with van der Waals surface area (Å²) in [5.74, 6) is 1.70. The number of hydrogen-bond acceptors (Lipinski definition) is 5. The number of rotatable bonds is 8. The lowest BCUT2D eigenvalue weighted by Crippen LogP contribution is -2.49. The highest BCUT2D eigenvalue weighted by molar-refractivity contribution is 5.91. The molecule has 176 valence electrons. The van der Waals surface area contributed by atoms with Crippen LogP contribution in [-0.2, 0) is 14.3 Å². The normalized spacial score (nSPS) is 31.1. The number of likely N-dealkylation sites (tertiary alicyclic amines) is 2. The second-order valence-corrected chi connectivity index (χ2v) is 9.89. The maximum absolute atomic E-state index is 13.4. The summed E-state index contributed by atoms with van der Waals surface area (Å²) in [7, 11) is 0. The van der Waals surface area contributed by atoms with Crippen LogP contribution in [0, 0.1) is 17.8 Å². The van der Waals surface area contributed by atoms with Gasteiger partial charge in [-0.3, -0.25) is 4.79 Å². The van der Waals surface area contributed by atoms with Crippen molar-refractivity contribution in [3.63, 3.8) is 0 Å². The molecule has 2 saturated heterocycles. The molecule has 3 fully saturated rings. The van der Waals surface area contributed by atoms with Crippen LogP contribution in [0.1, 0.15) is 71.1 Å². The molecule has 0 radical (unpaired) electrons. The number of nitrogens with zero attached hydrogens (tertiary/aromatic N) is 2. The second-order valence-electron chi connectivity index (χ2n) is 9.89. The van der Waals surface area contributed by atoms with Crippen LogP contribution in [0.5, 0.6) is 0 Å². The number of aliphatic hydroxyl groups excluding tert-OH is 1. The summed E-state index contributed by atoms with van der Waals surface area (Å²) in [6, 6.07) is 0.632. The van der Waals surface area contributed by atoms with Gasteiger partial charge in [-0.05, 0) is 89.3 Å². The van der Waals surface area contributed by atoms with E-state index in [1.54, 1.807) is 0 Å². The van der Waals surface area contributed by atoms with Crippen molar-refractivity contribution in [2.45, 2.75) is 83.5 Å². The molecule has 0 bridgehead atoms. The van der Waals surface area contributed by atoms with Crippen LogP contribution >= 0.6 is 0 Å². The smallest absolute Gasteiger partial charge is 0.288 e. The van der Waals surface area contributed by atoms with Gasteiger partial charge in [0.25, 0.3) is 5.91 Å². The van der Waals surface area contributed by atoms with Crippen molar-refractivity contribution in [1.29, 1.82) is 0 Å². The summed E-state index contributed by atoms with van der Waals surface area (Å²) < 4.78 is 12.2. The minimum absolute atomic E-state index is 0.0479. The molecule has 1 aliphatic carbocycles. The number of allylic oxidation sites excluding steroid dienone is 1. The Hall–Kier alpha value is -1.11. The Kier molecular flexibility index (Phi) is 8.30. The van der Waals surface area contributed by atoms with Gasteiger partial charge in [0.05, 0.1) is 0 Å². The Bertz CT molecular complexity index is 607. The first-order valence-electron chi connectivity index (χ1n) is 12.9. The highest BCUT2D eigenvalue weighted by Gasteiger charge is 2.43. The summed E-state index contributed by atoms with van der Waals surface area (Å²) in [6.45, 7) is 6.83. The zero-order valence-electron chi connectivity index (χ0n) is 19.3. The van der Waals surface area contributed by atoms with Crippen molar-refractivity contribution in [2.75, 3.05) is 39.4 Å². The lowest BCUT2D eigenvalue weighted by atomic mass is 9.68. The fourth-order valence-electron chi connectivity index (χ4n) is 6.01. The van der Waals surface area contributed by atoms with Gasteiger partial charge in [-0.1, -0.05) is 12.8 Å². The molecule has 0 aromatic rings. The SMILES string of the molecule is CCO[C@H]1OC(C(=O)N2CCC(N3CCCCC3)CC2)=C[C@@H](C2CCC2)[C@H]1CCCO. The molecule has 3 atom stereocenters. The third-order valence-electron chi connectivity index (χ3n) is 8.02. The first kappa shape index (κ1) is 23.1. The van der Waals surface area contributed by atoms with Gasteiger partial charge < -0.3 is 24.4 Å². The van der Waals surface area contributed by atoms with E-state index >= 15 is 0 Å². The van der Waals surface area contributed by atoms with Crippen LogP contribution in [0.25, 0.3) is 0 Å². The third kappa shape index (κ3) is 5.45. The van der Waals surface area contributed by atoms with Crippen LogP contribution in [0.3, 0.4) is 0 Å². The number of hydrogen-bond donors (Lipinski definition) is 1. The summed E-state index contributed by atoms with van der Waals surface area (Å²) in [4.78, 5) is 18.0. The lowest BCUT2D eigenvalue weighted by molar-refractivity contribution is -0.181. The topological polar surface area (TPSA) is 62.2 Å². The largest absolute Gasteiger partial charge is 0.459 e. The molecular formula is C25H42N2O4. The van der Waals surface area contributed by atoms with Gasteiger partial charge in [-0.25, -0.2) is 0 Å². The maximum atomic E-state index is 13.4. The van der Waals surface area contributed by atoms with Gasteiger partial charge >= 0.3 is 0 Å². The van der Waals surface area contributed by atoms with E-state index in [0.29, 0.717) is 30.2 Å². The molecule has 1 amide bonds. The maximum Gasteiger partial charge on any atom is 0.288 e. The standard InChI is InChI=1S/C25H42N2O4/c1-2-30-25-21(10-7-17-28)22(19-8-6-9-19)18-23(31-25)24(29)27-15-11-20(12-16-27)26-13-4-3-5-14-26/h18-22,25,28H,2-17H2,1H3/t21-,22+,25+/m1/s1. The van der Waals surface area contributed by atoms with Crippen molar-refractivity contribution >= 4 is 5.91 Å². The average Bonchev–Trinajstić information content (AvgIpc) is 2.77. The van der Waals surface area contributed by atoms with Crippen molar-refractivity contribution in [3.05, 3.63) is 11.8 Å². The van der Waals surface area contributed by atoms with Crippen LogP contribution in [0.2, 0.25) is 0 Å². The van der Waals surface area contributed by atoms with Crippen LogP contribution in [0.4, 0.5) is 0 Å². The van der Waals surface area contributed by atoms with E-state index in [2.05, 4.69) is 11.0 Å². The van der Waals surface area contributed by atoms with E-state index in [0.717, 1.165) is 38.8 Å². The van der Waals surface area contributed by atoms with Crippen LogP contribution < -0.4 is 0 Å². The van der Waals surface area contributed by atoms with Crippen molar-refractivity contribution < 1.29 is 19.4 Å². The van der Waals surface area contributed by atoms with Crippen LogP contribution in [0.15, 0.2) is 11.8 Å². The summed E-state index contributed by atoms with van der Waals surface area (Å²) >= 11 is 0. The average molecular weight is 435 g/mol. The number of aliphatic hydroxyl groups is 1. The highest BCUT2D eigenvalue weighted by atomic mass is 16.7. The lowest BCUT2D eigenvalue weighted by Gasteiger charge is -2.44. The Balaban J connectivity index is 1.42. The van der Waals surface area contributed by atoms with Gasteiger partial charge in [-0.2, -0.15) is 0 Å². The molecule has 31 heavy (non-hydrogen) atoms. The van der Waals surface area contributed by atoms with Crippen molar-refractivity contribution in [3.8, 4) is 0 Å². The molecule has 0 spiro atoms. The number of carbonyl (C=O) groups is 1. The van der Waals surface area contributed by atoms with Crippen molar-refractivity contribution in [1.82, 2.24) is 9.80 Å². The summed E-state index contributed by atoms with van der Waals surface area (Å²) in [5, 5.41) is 9.37. The van der Waals surface area contributed by atoms with E-state index < -0.39 is 0 Å². The molecule has 0 unspecified atom stereocenters. The molecule has 0 aromatic heterocycles.